The summed E-state index contributed by atoms with van der Waals surface area (Å²) in [6, 6.07) is 13.8. The van der Waals surface area contributed by atoms with Gasteiger partial charge >= 0.3 is 12.1 Å². The first kappa shape index (κ1) is 21.5. The van der Waals surface area contributed by atoms with E-state index >= 15 is 0 Å². The summed E-state index contributed by atoms with van der Waals surface area (Å²) in [5.41, 5.74) is 1.08. The fraction of sp³-hybridized carbons (Fsp3) is 0.238. The number of halogens is 1. The van der Waals surface area contributed by atoms with Crippen molar-refractivity contribution in [3.8, 4) is 5.75 Å². The monoisotopic (exact) mass is 447 g/mol. The molecule has 0 aliphatic heterocycles. The minimum Gasteiger partial charge on any atom is -0.508 e. The number of hydrogen-bond donors (Lipinski definition) is 3. The zero-order chi connectivity index (χ0) is 20.5. The van der Waals surface area contributed by atoms with Crippen molar-refractivity contribution in [3.63, 3.8) is 0 Å². The lowest BCUT2D eigenvalue weighted by Crippen LogP contribution is -2.22. The van der Waals surface area contributed by atoms with Crippen LogP contribution in [0, 0.1) is 5.92 Å². The molecule has 0 aliphatic rings. The molecule has 2 aromatic rings. The van der Waals surface area contributed by atoms with E-state index in [1.165, 1.54) is 6.07 Å². The minimum absolute atomic E-state index is 0.0219. The van der Waals surface area contributed by atoms with Crippen LogP contribution < -0.4 is 5.32 Å². The van der Waals surface area contributed by atoms with Crippen molar-refractivity contribution in [2.24, 2.45) is 5.92 Å². The summed E-state index contributed by atoms with van der Waals surface area (Å²) in [5, 5.41) is 21.6. The summed E-state index contributed by atoms with van der Waals surface area (Å²) in [4.78, 5) is 23.0. The molecule has 0 bridgehead atoms. The van der Waals surface area contributed by atoms with E-state index < -0.39 is 18.2 Å². The maximum absolute atomic E-state index is 12.4. The molecule has 0 heterocycles. The van der Waals surface area contributed by atoms with Gasteiger partial charge in [0.15, 0.2) is 0 Å². The van der Waals surface area contributed by atoms with Gasteiger partial charge in [-0.05, 0) is 49.1 Å². The van der Waals surface area contributed by atoms with Gasteiger partial charge < -0.3 is 14.9 Å². The topological polar surface area (TPSA) is 95.9 Å². The Labute approximate surface area is 172 Å². The summed E-state index contributed by atoms with van der Waals surface area (Å²) in [6.45, 7) is 1.88. The van der Waals surface area contributed by atoms with Crippen LogP contribution in [0.2, 0.25) is 0 Å². The Morgan fingerprint density at radius 2 is 1.93 bits per heavy atom. The van der Waals surface area contributed by atoms with Gasteiger partial charge in [-0.2, -0.15) is 0 Å². The Kier molecular flexibility index (Phi) is 8.07. The predicted octanol–water partition coefficient (Wildman–Crippen LogP) is 5.50. The van der Waals surface area contributed by atoms with Crippen LogP contribution in [0.4, 0.5) is 10.5 Å². The molecule has 6 nitrogen and oxygen atoms in total. The lowest BCUT2D eigenvalue weighted by molar-refractivity contribution is -0.131. The maximum atomic E-state index is 12.4. The first-order chi connectivity index (χ1) is 13.4. The summed E-state index contributed by atoms with van der Waals surface area (Å²) in [6.07, 6.45) is 2.37. The highest BCUT2D eigenvalue weighted by molar-refractivity contribution is 9.10. The Balaban J connectivity index is 2.16. The average Bonchev–Trinajstić information content (AvgIpc) is 2.66. The number of anilines is 1. The average molecular weight is 448 g/mol. The number of para-hydroxylation sites is 1. The number of amides is 1. The molecule has 0 saturated heterocycles. The van der Waals surface area contributed by atoms with Gasteiger partial charge in [0, 0.05) is 21.8 Å². The highest BCUT2D eigenvalue weighted by atomic mass is 79.9. The largest absolute Gasteiger partial charge is 0.508 e. The first-order valence-corrected chi connectivity index (χ1v) is 9.56. The molecule has 0 aliphatic carbocycles. The molecule has 0 aromatic heterocycles. The minimum atomic E-state index is -1.01. The van der Waals surface area contributed by atoms with E-state index in [-0.39, 0.29) is 11.7 Å². The molecule has 0 fully saturated rings. The van der Waals surface area contributed by atoms with E-state index in [2.05, 4.69) is 21.2 Å². The number of aliphatic carboxylic acids is 1. The normalized spacial score (nSPS) is 13.1. The number of carboxylic acids is 1. The van der Waals surface area contributed by atoms with Crippen molar-refractivity contribution < 1.29 is 24.5 Å². The van der Waals surface area contributed by atoms with Crippen LogP contribution in [0.3, 0.4) is 0 Å². The molecule has 148 valence electrons. The van der Waals surface area contributed by atoms with Crippen molar-refractivity contribution in [1.29, 1.82) is 0 Å². The van der Waals surface area contributed by atoms with Crippen molar-refractivity contribution in [2.45, 2.75) is 25.9 Å². The van der Waals surface area contributed by atoms with Crippen LogP contribution in [-0.4, -0.2) is 22.3 Å². The van der Waals surface area contributed by atoms with Gasteiger partial charge in [-0.25, -0.2) is 9.59 Å². The summed E-state index contributed by atoms with van der Waals surface area (Å²) in [5.74, 6) is -1.15. The van der Waals surface area contributed by atoms with Gasteiger partial charge in [0.2, 0.25) is 0 Å². The number of phenolic OH excluding ortho intramolecular Hbond substituents is 1. The number of phenols is 1. The number of hydrogen-bond acceptors (Lipinski definition) is 4. The molecule has 3 N–H and O–H groups in total. The first-order valence-electron chi connectivity index (χ1n) is 8.77. The number of rotatable bonds is 8. The second-order valence-electron chi connectivity index (χ2n) is 6.32. The summed E-state index contributed by atoms with van der Waals surface area (Å²) in [7, 11) is 0. The van der Waals surface area contributed by atoms with Crippen LogP contribution in [0.15, 0.2) is 65.2 Å². The van der Waals surface area contributed by atoms with Gasteiger partial charge in [-0.15, -0.1) is 0 Å². The number of allylic oxidation sites excluding steroid dienone is 1. The molecule has 0 spiro atoms. The zero-order valence-corrected chi connectivity index (χ0v) is 16.9. The van der Waals surface area contributed by atoms with E-state index in [9.17, 15) is 14.7 Å². The molecule has 2 atom stereocenters. The Morgan fingerprint density at radius 3 is 2.61 bits per heavy atom. The predicted molar refractivity (Wildman–Crippen MR) is 110 cm³/mol. The Morgan fingerprint density at radius 1 is 1.21 bits per heavy atom. The highest BCUT2D eigenvalue weighted by Crippen LogP contribution is 2.36. The molecule has 28 heavy (non-hydrogen) atoms. The number of carboxylic acid groups (broad SMARTS) is 1. The Hall–Kier alpha value is -2.80. The molecular weight excluding hydrogens is 426 g/mol. The molecular formula is C21H22BrNO5. The number of aromatic hydroxyl groups is 1. The second-order valence-corrected chi connectivity index (χ2v) is 7.23. The fourth-order valence-electron chi connectivity index (χ4n) is 2.72. The lowest BCUT2D eigenvalue weighted by atomic mass is 9.92. The summed E-state index contributed by atoms with van der Waals surface area (Å²) < 4.78 is 6.39. The molecule has 2 aromatic carbocycles. The van der Waals surface area contributed by atoms with E-state index in [1.807, 2.05) is 13.0 Å². The quantitative estimate of drug-likeness (QED) is 0.464. The SMILES string of the molecule is C[C@H](CC/C=C/C(=O)O)[C@H](OC(=O)Nc1ccccc1)c1cc(Br)ccc1O. The number of benzene rings is 2. The number of carbonyl (C=O) groups is 2. The zero-order valence-electron chi connectivity index (χ0n) is 15.3. The molecule has 1 amide bonds. The third-order valence-corrected chi connectivity index (χ3v) is 4.61. The van der Waals surface area contributed by atoms with Crippen LogP contribution in [0.5, 0.6) is 5.75 Å². The van der Waals surface area contributed by atoms with Crippen molar-refractivity contribution in [2.75, 3.05) is 5.32 Å². The van der Waals surface area contributed by atoms with Crippen LogP contribution in [0.25, 0.3) is 0 Å². The van der Waals surface area contributed by atoms with Crippen LogP contribution in [0.1, 0.15) is 31.4 Å². The number of ether oxygens (including phenoxy) is 1. The standard InChI is InChI=1S/C21H22BrNO5/c1-14(7-5-6-10-19(25)26)20(17-13-15(22)11-12-18(17)24)28-21(27)23-16-8-3-2-4-9-16/h2-4,6,8-14,20,24H,5,7H2,1H3,(H,23,27)(H,25,26)/b10-6+/t14-,20+/m1/s1. The van der Waals surface area contributed by atoms with Gasteiger partial charge in [0.25, 0.3) is 0 Å². The van der Waals surface area contributed by atoms with E-state index in [1.54, 1.807) is 42.5 Å². The van der Waals surface area contributed by atoms with Crippen LogP contribution in [-0.2, 0) is 9.53 Å². The van der Waals surface area contributed by atoms with Crippen LogP contribution >= 0.6 is 15.9 Å². The van der Waals surface area contributed by atoms with E-state index in [4.69, 9.17) is 9.84 Å². The second kappa shape index (κ2) is 10.5. The molecule has 7 heteroatoms. The van der Waals surface area contributed by atoms with Crippen molar-refractivity contribution >= 4 is 33.7 Å². The summed E-state index contributed by atoms with van der Waals surface area (Å²) >= 11 is 3.37. The number of nitrogens with one attached hydrogen (secondary N) is 1. The maximum Gasteiger partial charge on any atom is 0.412 e. The van der Waals surface area contributed by atoms with Gasteiger partial charge in [0.05, 0.1) is 0 Å². The smallest absolute Gasteiger partial charge is 0.412 e. The lowest BCUT2D eigenvalue weighted by Gasteiger charge is -2.25. The van der Waals surface area contributed by atoms with E-state index in [0.29, 0.717) is 24.1 Å². The third kappa shape index (κ3) is 6.74. The van der Waals surface area contributed by atoms with Gasteiger partial charge in [-0.1, -0.05) is 47.1 Å². The van der Waals surface area contributed by atoms with Crippen molar-refractivity contribution in [1.82, 2.24) is 0 Å². The van der Waals surface area contributed by atoms with Crippen molar-refractivity contribution in [3.05, 3.63) is 70.7 Å². The fourth-order valence-corrected chi connectivity index (χ4v) is 3.10. The van der Waals surface area contributed by atoms with Gasteiger partial charge in [0.1, 0.15) is 11.9 Å². The molecule has 2 rings (SSSR count). The Bertz CT molecular complexity index is 838. The highest BCUT2D eigenvalue weighted by Gasteiger charge is 2.26. The third-order valence-electron chi connectivity index (χ3n) is 4.12. The van der Waals surface area contributed by atoms with E-state index in [0.717, 1.165) is 10.5 Å². The molecule has 0 saturated carbocycles. The molecule has 0 unspecified atom stereocenters. The van der Waals surface area contributed by atoms with Gasteiger partial charge in [-0.3, -0.25) is 5.32 Å². The number of carbonyl (C=O) groups excluding carboxylic acids is 1. The molecule has 0 radical (unpaired) electrons.